The highest BCUT2D eigenvalue weighted by atomic mass is 35.5. The molecule has 100 valence electrons. The summed E-state index contributed by atoms with van der Waals surface area (Å²) in [5.74, 6) is 2.46. The predicted molar refractivity (Wildman–Crippen MR) is 77.6 cm³/mol. The van der Waals surface area contributed by atoms with Gasteiger partial charge in [-0.15, -0.1) is 0 Å². The number of hydrogen-bond donors (Lipinski definition) is 1. The Morgan fingerprint density at radius 3 is 2.67 bits per heavy atom. The highest BCUT2D eigenvalue weighted by Crippen LogP contribution is 2.47. The van der Waals surface area contributed by atoms with Crippen LogP contribution in [0.4, 0.5) is 0 Å². The van der Waals surface area contributed by atoms with Crippen LogP contribution in [-0.2, 0) is 5.60 Å². The van der Waals surface area contributed by atoms with Crippen molar-refractivity contribution >= 4 is 23.4 Å². The van der Waals surface area contributed by atoms with Gasteiger partial charge in [-0.3, -0.25) is 0 Å². The van der Waals surface area contributed by atoms with Gasteiger partial charge >= 0.3 is 0 Å². The molecule has 0 aliphatic carbocycles. The lowest BCUT2D eigenvalue weighted by atomic mass is 9.78. The van der Waals surface area contributed by atoms with E-state index < -0.39 is 5.60 Å². The summed E-state index contributed by atoms with van der Waals surface area (Å²) in [5, 5.41) is 11.6. The molecule has 2 nitrogen and oxygen atoms in total. The van der Waals surface area contributed by atoms with E-state index in [4.69, 9.17) is 16.3 Å². The van der Waals surface area contributed by atoms with Gasteiger partial charge in [0.15, 0.2) is 0 Å². The summed E-state index contributed by atoms with van der Waals surface area (Å²) < 4.78 is 5.36. The van der Waals surface area contributed by atoms with Crippen molar-refractivity contribution < 1.29 is 9.84 Å². The van der Waals surface area contributed by atoms with E-state index in [1.807, 2.05) is 12.1 Å². The van der Waals surface area contributed by atoms with Crippen LogP contribution in [0.25, 0.3) is 0 Å². The Morgan fingerprint density at radius 1 is 1.33 bits per heavy atom. The van der Waals surface area contributed by atoms with Crippen LogP contribution < -0.4 is 4.74 Å². The zero-order valence-corrected chi connectivity index (χ0v) is 12.6. The number of methoxy groups -OCH3 is 1. The van der Waals surface area contributed by atoms with Gasteiger partial charge in [0.05, 0.1) is 7.11 Å². The molecule has 2 rings (SSSR count). The molecule has 1 aliphatic rings. The van der Waals surface area contributed by atoms with Gasteiger partial charge < -0.3 is 9.84 Å². The fourth-order valence-corrected chi connectivity index (χ4v) is 4.13. The summed E-state index contributed by atoms with van der Waals surface area (Å²) in [6, 6.07) is 5.43. The van der Waals surface area contributed by atoms with E-state index in [2.05, 4.69) is 13.8 Å². The first-order valence-corrected chi connectivity index (χ1v) is 7.54. The van der Waals surface area contributed by atoms with Gasteiger partial charge in [0.25, 0.3) is 0 Å². The van der Waals surface area contributed by atoms with Gasteiger partial charge in [0.1, 0.15) is 11.4 Å². The largest absolute Gasteiger partial charge is 0.496 e. The molecule has 1 atom stereocenters. The number of ether oxygens (including phenoxy) is 1. The molecule has 4 heteroatoms. The second kappa shape index (κ2) is 4.95. The normalized spacial score (nSPS) is 26.9. The minimum atomic E-state index is -0.858. The minimum absolute atomic E-state index is 0.116. The quantitative estimate of drug-likeness (QED) is 0.899. The molecule has 0 saturated carbocycles. The third kappa shape index (κ3) is 2.79. The molecule has 1 saturated heterocycles. The predicted octanol–water partition coefficient (Wildman–Crippen LogP) is 3.70. The Hall–Kier alpha value is -0.380. The van der Waals surface area contributed by atoms with E-state index in [0.717, 1.165) is 17.7 Å². The van der Waals surface area contributed by atoms with Gasteiger partial charge in [-0.05, 0) is 35.8 Å². The summed E-state index contributed by atoms with van der Waals surface area (Å²) in [7, 11) is 1.62. The molecular formula is C14H19ClO2S. The number of benzene rings is 1. The lowest BCUT2D eigenvalue weighted by molar-refractivity contribution is 0.0137. The number of rotatable bonds is 2. The van der Waals surface area contributed by atoms with Crippen LogP contribution in [0, 0.1) is 5.41 Å². The van der Waals surface area contributed by atoms with Gasteiger partial charge in [-0.1, -0.05) is 25.4 Å². The zero-order valence-electron chi connectivity index (χ0n) is 11.0. The topological polar surface area (TPSA) is 29.5 Å². The Labute approximate surface area is 118 Å². The summed E-state index contributed by atoms with van der Waals surface area (Å²) in [6.45, 7) is 4.36. The van der Waals surface area contributed by atoms with Crippen molar-refractivity contribution in [2.75, 3.05) is 18.6 Å². The maximum absolute atomic E-state index is 11.0. The maximum atomic E-state index is 11.0. The first-order valence-electron chi connectivity index (χ1n) is 6.00. The highest BCUT2D eigenvalue weighted by Gasteiger charge is 2.41. The molecule has 0 spiro atoms. The Bertz CT molecular complexity index is 447. The molecule has 18 heavy (non-hydrogen) atoms. The summed E-state index contributed by atoms with van der Waals surface area (Å²) in [5.41, 5.74) is 0.0611. The van der Waals surface area contributed by atoms with Crippen LogP contribution in [-0.4, -0.2) is 23.7 Å². The van der Waals surface area contributed by atoms with Crippen molar-refractivity contribution in [1.29, 1.82) is 0 Å². The zero-order chi connectivity index (χ0) is 13.4. The average molecular weight is 287 g/mol. The molecule has 1 fully saturated rings. The fourth-order valence-electron chi connectivity index (χ4n) is 2.61. The van der Waals surface area contributed by atoms with Crippen LogP contribution in [0.15, 0.2) is 18.2 Å². The molecule has 0 radical (unpaired) electrons. The van der Waals surface area contributed by atoms with E-state index in [-0.39, 0.29) is 5.41 Å². The average Bonchev–Trinajstić information content (AvgIpc) is 2.27. The first-order chi connectivity index (χ1) is 8.36. The third-order valence-corrected chi connectivity index (χ3v) is 5.17. The van der Waals surface area contributed by atoms with Gasteiger partial charge in [-0.2, -0.15) is 11.8 Å². The summed E-state index contributed by atoms with van der Waals surface area (Å²) in [4.78, 5) is 0. The molecular weight excluding hydrogens is 268 g/mol. The highest BCUT2D eigenvalue weighted by molar-refractivity contribution is 7.99. The number of aliphatic hydroxyl groups is 1. The van der Waals surface area contributed by atoms with E-state index in [1.165, 1.54) is 0 Å². The molecule has 0 amide bonds. The fraction of sp³-hybridized carbons (Fsp3) is 0.571. The summed E-state index contributed by atoms with van der Waals surface area (Å²) >= 11 is 7.83. The molecule has 1 unspecified atom stereocenters. The maximum Gasteiger partial charge on any atom is 0.125 e. The lowest BCUT2D eigenvalue weighted by Gasteiger charge is -2.41. The molecule has 1 heterocycles. The van der Waals surface area contributed by atoms with Crippen molar-refractivity contribution in [2.24, 2.45) is 5.41 Å². The summed E-state index contributed by atoms with van der Waals surface area (Å²) in [6.07, 6.45) is 0.726. The Morgan fingerprint density at radius 2 is 2.06 bits per heavy atom. The first kappa shape index (κ1) is 14.0. The van der Waals surface area contributed by atoms with Crippen LogP contribution in [0.5, 0.6) is 5.75 Å². The van der Waals surface area contributed by atoms with E-state index in [9.17, 15) is 5.11 Å². The van der Waals surface area contributed by atoms with Crippen LogP contribution in [0.1, 0.15) is 25.8 Å². The number of hydrogen-bond acceptors (Lipinski definition) is 3. The molecule has 0 bridgehead atoms. The second-order valence-electron chi connectivity index (χ2n) is 5.71. The monoisotopic (exact) mass is 286 g/mol. The second-order valence-corrected chi connectivity index (χ2v) is 7.13. The van der Waals surface area contributed by atoms with Crippen molar-refractivity contribution in [1.82, 2.24) is 0 Å². The van der Waals surface area contributed by atoms with E-state index in [1.54, 1.807) is 24.9 Å². The molecule has 0 aromatic heterocycles. The molecule has 1 aromatic rings. The minimum Gasteiger partial charge on any atom is -0.496 e. The van der Waals surface area contributed by atoms with E-state index in [0.29, 0.717) is 16.5 Å². The third-order valence-electron chi connectivity index (χ3n) is 3.27. The van der Waals surface area contributed by atoms with E-state index >= 15 is 0 Å². The molecule has 1 N–H and O–H groups in total. The Balaban J connectivity index is 2.43. The SMILES string of the molecule is COc1ccc(Cl)cc1C1(O)CSCC(C)(C)C1. The standard InChI is InChI=1S/C14H19ClO2S/c1-13(2)7-14(16,9-18-8-13)11-6-10(15)4-5-12(11)17-3/h4-6,16H,7-9H2,1-3H3. The van der Waals surface area contributed by atoms with Crippen LogP contribution in [0.2, 0.25) is 5.02 Å². The van der Waals surface area contributed by atoms with Crippen LogP contribution in [0.3, 0.4) is 0 Å². The van der Waals surface area contributed by atoms with Gasteiger partial charge in [0.2, 0.25) is 0 Å². The van der Waals surface area contributed by atoms with Crippen molar-refractivity contribution in [3.8, 4) is 5.75 Å². The number of halogens is 1. The smallest absolute Gasteiger partial charge is 0.125 e. The Kier molecular flexibility index (Phi) is 3.86. The molecule has 1 aromatic carbocycles. The van der Waals surface area contributed by atoms with Gasteiger partial charge in [0, 0.05) is 16.3 Å². The van der Waals surface area contributed by atoms with Crippen molar-refractivity contribution in [2.45, 2.75) is 25.9 Å². The van der Waals surface area contributed by atoms with Crippen molar-refractivity contribution in [3.05, 3.63) is 28.8 Å². The molecule has 1 aliphatic heterocycles. The lowest BCUT2D eigenvalue weighted by Crippen LogP contribution is -2.40. The van der Waals surface area contributed by atoms with Crippen molar-refractivity contribution in [3.63, 3.8) is 0 Å². The van der Waals surface area contributed by atoms with Gasteiger partial charge in [-0.25, -0.2) is 0 Å². The number of thioether (sulfide) groups is 1. The van der Waals surface area contributed by atoms with Crippen LogP contribution >= 0.6 is 23.4 Å².